The number of carbonyl (C=O) groups excluding carboxylic acids is 1. The Labute approximate surface area is 215 Å². The predicted molar refractivity (Wildman–Crippen MR) is 142 cm³/mol. The molecule has 2 aliphatic heterocycles. The SMILES string of the molecule is Cc1cc(NC(=O)c2ccc(S(=O)CCO)cc2N2CCC3(CC2)CC3)nc(N2CCO[C@H](C)C2)c1. The van der Waals surface area contributed by atoms with Crippen LogP contribution in [-0.2, 0) is 15.5 Å². The Bertz CT molecular complexity index is 1140. The molecule has 2 N–H and O–H groups in total. The Balaban J connectivity index is 1.40. The van der Waals surface area contributed by atoms with E-state index in [2.05, 4.69) is 22.0 Å². The first-order chi connectivity index (χ1) is 17.4. The third-order valence-electron chi connectivity index (χ3n) is 7.64. The Morgan fingerprint density at radius 3 is 2.64 bits per heavy atom. The van der Waals surface area contributed by atoms with E-state index in [9.17, 15) is 14.1 Å². The normalized spacial score (nSPS) is 21.9. The van der Waals surface area contributed by atoms with Crippen LogP contribution in [0.2, 0.25) is 0 Å². The number of morpholine rings is 1. The molecule has 2 aromatic rings. The lowest BCUT2D eigenvalue weighted by Crippen LogP contribution is -2.41. The average molecular weight is 513 g/mol. The molecule has 8 nitrogen and oxygen atoms in total. The number of aliphatic hydroxyl groups excluding tert-OH is 1. The number of aliphatic hydroxyl groups is 1. The van der Waals surface area contributed by atoms with E-state index >= 15 is 0 Å². The van der Waals surface area contributed by atoms with Crippen LogP contribution in [0.1, 0.15) is 48.5 Å². The van der Waals surface area contributed by atoms with Crippen molar-refractivity contribution in [2.45, 2.75) is 50.5 Å². The van der Waals surface area contributed by atoms with Gasteiger partial charge >= 0.3 is 0 Å². The number of amides is 1. The third kappa shape index (κ3) is 5.58. The number of pyridine rings is 1. The number of anilines is 3. The first kappa shape index (κ1) is 25.2. The summed E-state index contributed by atoms with van der Waals surface area (Å²) in [7, 11) is -1.31. The number of nitrogens with one attached hydrogen (secondary N) is 1. The van der Waals surface area contributed by atoms with Crippen molar-refractivity contribution in [3.63, 3.8) is 0 Å². The molecule has 0 bridgehead atoms. The summed E-state index contributed by atoms with van der Waals surface area (Å²) in [4.78, 5) is 23.4. The molecule has 1 aliphatic carbocycles. The van der Waals surface area contributed by atoms with Gasteiger partial charge in [-0.3, -0.25) is 9.00 Å². The van der Waals surface area contributed by atoms with Gasteiger partial charge in [0.2, 0.25) is 0 Å². The molecule has 1 aromatic heterocycles. The van der Waals surface area contributed by atoms with E-state index in [-0.39, 0.29) is 24.4 Å². The fraction of sp³-hybridized carbons (Fsp3) is 0.556. The van der Waals surface area contributed by atoms with Crippen molar-refractivity contribution in [2.75, 3.05) is 60.3 Å². The smallest absolute Gasteiger partial charge is 0.258 e. The number of carbonyl (C=O) groups is 1. The molecule has 36 heavy (non-hydrogen) atoms. The van der Waals surface area contributed by atoms with Gasteiger partial charge in [0.25, 0.3) is 5.91 Å². The summed E-state index contributed by atoms with van der Waals surface area (Å²) in [6.45, 7) is 7.87. The van der Waals surface area contributed by atoms with E-state index in [1.807, 2.05) is 25.1 Å². The van der Waals surface area contributed by atoms with Gasteiger partial charge in [-0.15, -0.1) is 0 Å². The zero-order valence-electron chi connectivity index (χ0n) is 21.2. The molecule has 0 radical (unpaired) electrons. The number of rotatable bonds is 7. The summed E-state index contributed by atoms with van der Waals surface area (Å²) in [5.74, 6) is 1.31. The van der Waals surface area contributed by atoms with Gasteiger partial charge in [-0.2, -0.15) is 0 Å². The standard InChI is InChI=1S/C27H36N4O4S/c1-19-15-24(28-25(16-19)31-11-13-35-20(2)18-31)29-26(33)22-4-3-21(36(34)14-12-32)17-23(22)30-9-7-27(5-6-27)8-10-30/h3-4,15-17,20,32H,5-14,18H2,1-2H3,(H,28,29,33)/t20-,36?/m1/s1. The summed E-state index contributed by atoms with van der Waals surface area (Å²) in [5, 5.41) is 12.3. The van der Waals surface area contributed by atoms with Crippen LogP contribution in [0, 0.1) is 12.3 Å². The number of aromatic nitrogens is 1. The van der Waals surface area contributed by atoms with E-state index in [0.717, 1.165) is 56.1 Å². The van der Waals surface area contributed by atoms with Crippen molar-refractivity contribution in [2.24, 2.45) is 5.41 Å². The molecule has 3 heterocycles. The second-order valence-corrected chi connectivity index (χ2v) is 12.0. The Morgan fingerprint density at radius 1 is 1.17 bits per heavy atom. The molecule has 1 amide bonds. The maximum absolute atomic E-state index is 13.5. The number of aryl methyl sites for hydroxylation is 1. The molecule has 2 atom stereocenters. The molecule has 1 saturated carbocycles. The minimum absolute atomic E-state index is 0.135. The minimum atomic E-state index is -1.31. The summed E-state index contributed by atoms with van der Waals surface area (Å²) in [6.07, 6.45) is 4.99. The van der Waals surface area contributed by atoms with Gasteiger partial charge in [0.1, 0.15) is 11.6 Å². The predicted octanol–water partition coefficient (Wildman–Crippen LogP) is 3.35. The molecule has 1 spiro atoms. The van der Waals surface area contributed by atoms with E-state index in [0.29, 0.717) is 28.3 Å². The lowest BCUT2D eigenvalue weighted by Gasteiger charge is -2.35. The Morgan fingerprint density at radius 2 is 1.94 bits per heavy atom. The quantitative estimate of drug-likeness (QED) is 0.588. The highest BCUT2D eigenvalue weighted by molar-refractivity contribution is 7.85. The van der Waals surface area contributed by atoms with Crippen LogP contribution in [-0.4, -0.2) is 71.5 Å². The fourth-order valence-electron chi connectivity index (χ4n) is 5.29. The third-order valence-corrected chi connectivity index (χ3v) is 8.97. The molecule has 9 heteroatoms. The van der Waals surface area contributed by atoms with Gasteiger partial charge in [0.05, 0.1) is 47.1 Å². The van der Waals surface area contributed by atoms with Gasteiger partial charge in [0, 0.05) is 31.1 Å². The van der Waals surface area contributed by atoms with Crippen molar-refractivity contribution in [3.05, 3.63) is 41.5 Å². The van der Waals surface area contributed by atoms with Crippen molar-refractivity contribution in [3.8, 4) is 0 Å². The first-order valence-electron chi connectivity index (χ1n) is 12.9. The Kier molecular flexibility index (Phi) is 7.32. The van der Waals surface area contributed by atoms with Crippen LogP contribution in [0.5, 0.6) is 0 Å². The molecule has 2 saturated heterocycles. The van der Waals surface area contributed by atoms with Gasteiger partial charge in [-0.25, -0.2) is 4.98 Å². The number of benzene rings is 1. The van der Waals surface area contributed by atoms with Gasteiger partial charge in [-0.1, -0.05) is 0 Å². The monoisotopic (exact) mass is 512 g/mol. The zero-order chi connectivity index (χ0) is 25.3. The molecule has 1 unspecified atom stereocenters. The maximum atomic E-state index is 13.5. The topological polar surface area (TPSA) is 95.0 Å². The van der Waals surface area contributed by atoms with Crippen molar-refractivity contribution >= 4 is 34.0 Å². The van der Waals surface area contributed by atoms with Crippen LogP contribution in [0.25, 0.3) is 0 Å². The molecule has 3 fully saturated rings. The van der Waals surface area contributed by atoms with Crippen molar-refractivity contribution < 1.29 is 18.8 Å². The largest absolute Gasteiger partial charge is 0.395 e. The van der Waals surface area contributed by atoms with Crippen LogP contribution >= 0.6 is 0 Å². The highest BCUT2D eigenvalue weighted by Gasteiger charge is 2.44. The van der Waals surface area contributed by atoms with Crippen molar-refractivity contribution in [1.29, 1.82) is 0 Å². The second-order valence-electron chi connectivity index (χ2n) is 10.4. The zero-order valence-corrected chi connectivity index (χ0v) is 22.0. The lowest BCUT2D eigenvalue weighted by molar-refractivity contribution is 0.0529. The highest BCUT2D eigenvalue weighted by atomic mass is 32.2. The molecule has 194 valence electrons. The number of hydrogen-bond acceptors (Lipinski definition) is 7. The number of hydrogen-bond donors (Lipinski definition) is 2. The minimum Gasteiger partial charge on any atom is -0.395 e. The molecular weight excluding hydrogens is 476 g/mol. The molecular formula is C27H36N4O4S. The van der Waals surface area contributed by atoms with E-state index in [4.69, 9.17) is 9.72 Å². The molecule has 5 rings (SSSR count). The summed E-state index contributed by atoms with van der Waals surface area (Å²) in [6, 6.07) is 9.28. The molecule has 3 aliphatic rings. The van der Waals surface area contributed by atoms with Crippen LogP contribution in [0.3, 0.4) is 0 Å². The fourth-order valence-corrected chi connectivity index (χ4v) is 6.16. The average Bonchev–Trinajstić information content (AvgIpc) is 3.62. The van der Waals surface area contributed by atoms with Gasteiger partial charge in [-0.05, 0) is 80.8 Å². The molecule has 1 aromatic carbocycles. The van der Waals surface area contributed by atoms with E-state index in [1.54, 1.807) is 12.1 Å². The summed E-state index contributed by atoms with van der Waals surface area (Å²) >= 11 is 0. The second kappa shape index (κ2) is 10.5. The van der Waals surface area contributed by atoms with Crippen LogP contribution in [0.4, 0.5) is 17.3 Å². The summed E-state index contributed by atoms with van der Waals surface area (Å²) in [5.41, 5.74) is 2.89. The maximum Gasteiger partial charge on any atom is 0.258 e. The number of piperidine rings is 1. The van der Waals surface area contributed by atoms with Crippen LogP contribution in [0.15, 0.2) is 35.2 Å². The lowest BCUT2D eigenvalue weighted by atomic mass is 9.93. The highest BCUT2D eigenvalue weighted by Crippen LogP contribution is 2.54. The summed E-state index contributed by atoms with van der Waals surface area (Å²) < 4.78 is 18.3. The number of nitrogens with zero attached hydrogens (tertiary/aromatic N) is 3. The Hall–Kier alpha value is -2.49. The van der Waals surface area contributed by atoms with Gasteiger partial charge < -0.3 is 25.0 Å². The van der Waals surface area contributed by atoms with E-state index in [1.165, 1.54) is 12.8 Å². The van der Waals surface area contributed by atoms with Gasteiger partial charge in [0.15, 0.2) is 0 Å². The van der Waals surface area contributed by atoms with Crippen LogP contribution < -0.4 is 15.1 Å². The van der Waals surface area contributed by atoms with E-state index < -0.39 is 10.8 Å². The first-order valence-corrected chi connectivity index (χ1v) is 14.2. The number of ether oxygens (including phenoxy) is 1. The van der Waals surface area contributed by atoms with Crippen molar-refractivity contribution in [1.82, 2.24) is 4.98 Å².